The third-order valence-corrected chi connectivity index (χ3v) is 4.21. The number of rotatable bonds is 4. The molecule has 0 radical (unpaired) electrons. The molecule has 0 spiro atoms. The maximum atomic E-state index is 13.6. The molecule has 0 aliphatic carbocycles. The van der Waals surface area contributed by atoms with Crippen LogP contribution in [0.2, 0.25) is 5.02 Å². The summed E-state index contributed by atoms with van der Waals surface area (Å²) in [4.78, 5) is 12.3. The van der Waals surface area contributed by atoms with Crippen molar-refractivity contribution in [1.82, 2.24) is 15.1 Å². The van der Waals surface area contributed by atoms with E-state index in [1.165, 1.54) is 18.3 Å². The quantitative estimate of drug-likeness (QED) is 0.933. The highest BCUT2D eigenvalue weighted by atomic mass is 35.5. The van der Waals surface area contributed by atoms with Crippen LogP contribution in [0.15, 0.2) is 30.6 Å². The average Bonchev–Trinajstić information content (AvgIpc) is 3.19. The Hall–Kier alpha value is -1.92. The highest BCUT2D eigenvalue weighted by Crippen LogP contribution is 2.31. The molecule has 0 unspecified atom stereocenters. The number of aromatic nitrogens is 2. The minimum absolute atomic E-state index is 0.0688. The molecular formula is C16H17ClFN3O2. The second-order valence-electron chi connectivity index (χ2n) is 5.42. The van der Waals surface area contributed by atoms with E-state index < -0.39 is 5.82 Å². The van der Waals surface area contributed by atoms with Crippen molar-refractivity contribution in [3.05, 3.63) is 52.6 Å². The zero-order valence-electron chi connectivity index (χ0n) is 12.6. The fourth-order valence-electron chi connectivity index (χ4n) is 2.66. The van der Waals surface area contributed by atoms with Crippen molar-refractivity contribution in [3.8, 4) is 0 Å². The number of halogens is 2. The van der Waals surface area contributed by atoms with Gasteiger partial charge in [-0.15, -0.1) is 0 Å². The molecule has 1 aromatic heterocycles. The highest BCUT2D eigenvalue weighted by Gasteiger charge is 2.31. The van der Waals surface area contributed by atoms with Crippen LogP contribution in [0.4, 0.5) is 4.39 Å². The maximum Gasteiger partial charge on any atom is 0.254 e. The Morgan fingerprint density at radius 3 is 3.09 bits per heavy atom. The van der Waals surface area contributed by atoms with Crippen molar-refractivity contribution in [2.45, 2.75) is 32.0 Å². The van der Waals surface area contributed by atoms with Crippen LogP contribution >= 0.6 is 11.6 Å². The van der Waals surface area contributed by atoms with Crippen molar-refractivity contribution in [2.24, 2.45) is 0 Å². The summed E-state index contributed by atoms with van der Waals surface area (Å²) in [6.45, 7) is 3.16. The van der Waals surface area contributed by atoms with E-state index in [2.05, 4.69) is 10.4 Å². The lowest BCUT2D eigenvalue weighted by Gasteiger charge is -2.20. The van der Waals surface area contributed by atoms with Gasteiger partial charge in [0.25, 0.3) is 5.91 Å². The Kier molecular flexibility index (Phi) is 4.63. The monoisotopic (exact) mass is 337 g/mol. The number of nitrogens with one attached hydrogen (secondary N) is 1. The van der Waals surface area contributed by atoms with Gasteiger partial charge in [-0.25, -0.2) is 4.39 Å². The number of hydrogen-bond acceptors (Lipinski definition) is 3. The fraction of sp³-hybridized carbons (Fsp3) is 0.375. The predicted molar refractivity (Wildman–Crippen MR) is 83.9 cm³/mol. The first-order valence-electron chi connectivity index (χ1n) is 7.48. The van der Waals surface area contributed by atoms with E-state index in [1.807, 2.05) is 6.92 Å². The number of carbonyl (C=O) groups excluding carboxylic acids is 1. The zero-order valence-corrected chi connectivity index (χ0v) is 13.4. The van der Waals surface area contributed by atoms with Gasteiger partial charge in [0.15, 0.2) is 0 Å². The van der Waals surface area contributed by atoms with Crippen LogP contribution in [0.1, 0.15) is 35.4 Å². The molecule has 1 saturated heterocycles. The molecule has 23 heavy (non-hydrogen) atoms. The molecule has 1 fully saturated rings. The predicted octanol–water partition coefficient (Wildman–Crippen LogP) is 2.96. The number of ether oxygens (including phenoxy) is 1. The molecule has 0 saturated carbocycles. The number of aryl methyl sites for hydroxylation is 1. The van der Waals surface area contributed by atoms with Gasteiger partial charge < -0.3 is 10.1 Å². The lowest BCUT2D eigenvalue weighted by Crippen LogP contribution is -2.36. The van der Waals surface area contributed by atoms with Crippen LogP contribution in [-0.2, 0) is 11.3 Å². The van der Waals surface area contributed by atoms with Crippen LogP contribution in [0.25, 0.3) is 0 Å². The van der Waals surface area contributed by atoms with Crippen LogP contribution < -0.4 is 5.32 Å². The summed E-state index contributed by atoms with van der Waals surface area (Å²) in [5.74, 6) is -0.700. The standard InChI is InChI=1S/C16H17ClFN3O2/c1-2-21-9-11(8-19-21)16(22)20-14-5-6-23-15(14)10-3-4-12(17)13(18)7-10/h3-4,7-9,14-15H,2,5-6H2,1H3,(H,20,22)/t14-,15-/m1/s1. The van der Waals surface area contributed by atoms with Crippen molar-refractivity contribution < 1.29 is 13.9 Å². The second kappa shape index (κ2) is 6.68. The van der Waals surface area contributed by atoms with Gasteiger partial charge in [-0.3, -0.25) is 9.48 Å². The minimum atomic E-state index is -0.492. The molecule has 2 atom stereocenters. The first kappa shape index (κ1) is 16.0. The Morgan fingerprint density at radius 1 is 1.57 bits per heavy atom. The van der Waals surface area contributed by atoms with E-state index >= 15 is 0 Å². The van der Waals surface area contributed by atoms with Gasteiger partial charge in [-0.2, -0.15) is 5.10 Å². The van der Waals surface area contributed by atoms with E-state index in [-0.39, 0.29) is 23.1 Å². The van der Waals surface area contributed by atoms with Gasteiger partial charge in [0.1, 0.15) is 11.9 Å². The van der Waals surface area contributed by atoms with Gasteiger partial charge in [0, 0.05) is 19.3 Å². The highest BCUT2D eigenvalue weighted by molar-refractivity contribution is 6.30. The Morgan fingerprint density at radius 2 is 2.39 bits per heavy atom. The molecule has 7 heteroatoms. The lowest BCUT2D eigenvalue weighted by molar-refractivity contribution is 0.0820. The second-order valence-corrected chi connectivity index (χ2v) is 5.83. The Bertz CT molecular complexity index is 719. The van der Waals surface area contributed by atoms with Crippen molar-refractivity contribution in [2.75, 3.05) is 6.61 Å². The molecule has 5 nitrogen and oxygen atoms in total. The van der Waals surface area contributed by atoms with Crippen molar-refractivity contribution >= 4 is 17.5 Å². The summed E-state index contributed by atoms with van der Waals surface area (Å²) < 4.78 is 21.0. The number of hydrogen-bond donors (Lipinski definition) is 1. The van der Waals surface area contributed by atoms with Gasteiger partial charge in [0.2, 0.25) is 0 Å². The molecule has 2 aromatic rings. The number of carbonyl (C=O) groups is 1. The molecule has 2 heterocycles. The molecule has 0 bridgehead atoms. The summed E-state index contributed by atoms with van der Waals surface area (Å²) in [5, 5.41) is 7.10. The summed E-state index contributed by atoms with van der Waals surface area (Å²) in [6, 6.07) is 4.35. The summed E-state index contributed by atoms with van der Waals surface area (Å²) >= 11 is 5.71. The zero-order chi connectivity index (χ0) is 16.4. The first-order valence-corrected chi connectivity index (χ1v) is 7.86. The largest absolute Gasteiger partial charge is 0.371 e. The topological polar surface area (TPSA) is 56.2 Å². The maximum absolute atomic E-state index is 13.6. The number of benzene rings is 1. The van der Waals surface area contributed by atoms with E-state index in [0.29, 0.717) is 30.7 Å². The molecule has 1 aromatic carbocycles. The van der Waals surface area contributed by atoms with Gasteiger partial charge in [0.05, 0.1) is 22.8 Å². The lowest BCUT2D eigenvalue weighted by atomic mass is 10.0. The number of nitrogens with zero attached hydrogens (tertiary/aromatic N) is 2. The fourth-order valence-corrected chi connectivity index (χ4v) is 2.78. The SMILES string of the molecule is CCn1cc(C(=O)N[C@@H]2CCO[C@@H]2c2ccc(Cl)c(F)c2)cn1. The Balaban J connectivity index is 1.73. The molecule has 122 valence electrons. The van der Waals surface area contributed by atoms with Crippen molar-refractivity contribution in [1.29, 1.82) is 0 Å². The Labute approximate surface area is 138 Å². The molecule has 1 N–H and O–H groups in total. The normalized spacial score (nSPS) is 20.7. The third-order valence-electron chi connectivity index (χ3n) is 3.90. The van der Waals surface area contributed by atoms with E-state index in [0.717, 1.165) is 0 Å². The average molecular weight is 338 g/mol. The van der Waals surface area contributed by atoms with Crippen molar-refractivity contribution in [3.63, 3.8) is 0 Å². The molecule has 3 rings (SSSR count). The molecule has 1 aliphatic heterocycles. The van der Waals surface area contributed by atoms with E-state index in [9.17, 15) is 9.18 Å². The molecular weight excluding hydrogens is 321 g/mol. The molecule has 1 amide bonds. The molecule has 1 aliphatic rings. The summed E-state index contributed by atoms with van der Waals surface area (Å²) in [7, 11) is 0. The number of amides is 1. The van der Waals surface area contributed by atoms with E-state index in [1.54, 1.807) is 16.9 Å². The van der Waals surface area contributed by atoms with Gasteiger partial charge in [-0.05, 0) is 31.0 Å². The van der Waals surface area contributed by atoms with E-state index in [4.69, 9.17) is 16.3 Å². The van der Waals surface area contributed by atoms with Crippen LogP contribution in [-0.4, -0.2) is 28.3 Å². The van der Waals surface area contributed by atoms with Crippen LogP contribution in [0.5, 0.6) is 0 Å². The third kappa shape index (κ3) is 3.38. The van der Waals surface area contributed by atoms with Gasteiger partial charge in [-0.1, -0.05) is 17.7 Å². The smallest absolute Gasteiger partial charge is 0.254 e. The summed E-state index contributed by atoms with van der Waals surface area (Å²) in [5.41, 5.74) is 1.17. The van der Waals surface area contributed by atoms with Gasteiger partial charge >= 0.3 is 0 Å². The van der Waals surface area contributed by atoms with Crippen LogP contribution in [0, 0.1) is 5.82 Å². The minimum Gasteiger partial charge on any atom is -0.371 e. The summed E-state index contributed by atoms with van der Waals surface area (Å²) in [6.07, 6.45) is 3.52. The first-order chi connectivity index (χ1) is 11.1. The van der Waals surface area contributed by atoms with Crippen LogP contribution in [0.3, 0.4) is 0 Å².